The summed E-state index contributed by atoms with van der Waals surface area (Å²) < 4.78 is 5.35. The van der Waals surface area contributed by atoms with E-state index in [1.165, 1.54) is 5.17 Å². The van der Waals surface area contributed by atoms with Crippen molar-refractivity contribution >= 4 is 28.3 Å². The van der Waals surface area contributed by atoms with Gasteiger partial charge in [0.15, 0.2) is 11.0 Å². The third kappa shape index (κ3) is 3.44. The zero-order chi connectivity index (χ0) is 15.6. The van der Waals surface area contributed by atoms with Crippen molar-refractivity contribution in [3.63, 3.8) is 0 Å². The summed E-state index contributed by atoms with van der Waals surface area (Å²) in [5.74, 6) is 1.38. The van der Waals surface area contributed by atoms with Crippen LogP contribution in [0, 0.1) is 0 Å². The fourth-order valence-electron chi connectivity index (χ4n) is 2.75. The monoisotopic (exact) mass is 349 g/mol. The Morgan fingerprint density at radius 1 is 1.30 bits per heavy atom. The molecule has 0 N–H and O–H groups in total. The number of nitrogens with zero attached hydrogens (tertiary/aromatic N) is 5. The van der Waals surface area contributed by atoms with E-state index in [1.807, 2.05) is 28.6 Å². The van der Waals surface area contributed by atoms with Crippen LogP contribution in [0.5, 0.6) is 0 Å². The van der Waals surface area contributed by atoms with Crippen molar-refractivity contribution in [3.8, 4) is 11.5 Å². The summed E-state index contributed by atoms with van der Waals surface area (Å²) in [6, 6.07) is 2.00. The summed E-state index contributed by atoms with van der Waals surface area (Å²) in [7, 11) is 0. The highest BCUT2D eigenvalue weighted by Gasteiger charge is 2.25. The molecule has 0 aromatic carbocycles. The molecule has 0 aliphatic carbocycles. The largest absolute Gasteiger partial charge is 0.349 e. The minimum absolute atomic E-state index is 0.616. The number of hydrogen-bond acceptors (Lipinski definition) is 8. The molecule has 1 fully saturated rings. The van der Waals surface area contributed by atoms with Crippen LogP contribution in [-0.4, -0.2) is 63.1 Å². The molecule has 0 spiro atoms. The molecule has 0 radical (unpaired) electrons. The SMILES string of the molecule is C[C@@H]1CN=C(N2CCN(Cc3noc(-c4ccsc4)n3)CC2)S1. The summed E-state index contributed by atoms with van der Waals surface area (Å²) in [5.41, 5.74) is 1.00. The van der Waals surface area contributed by atoms with E-state index < -0.39 is 0 Å². The normalized spacial score (nSPS) is 22.6. The quantitative estimate of drug-likeness (QED) is 0.848. The Hall–Kier alpha value is -1.38. The van der Waals surface area contributed by atoms with Gasteiger partial charge in [-0.05, 0) is 11.4 Å². The Bertz CT molecular complexity index is 676. The van der Waals surface area contributed by atoms with Crippen LogP contribution in [0.4, 0.5) is 0 Å². The van der Waals surface area contributed by atoms with Gasteiger partial charge in [0.05, 0.1) is 18.7 Å². The first kappa shape index (κ1) is 15.2. The first-order valence-corrected chi connectivity index (χ1v) is 9.64. The van der Waals surface area contributed by atoms with Gasteiger partial charge in [0.1, 0.15) is 0 Å². The molecule has 4 heterocycles. The van der Waals surface area contributed by atoms with E-state index in [0.717, 1.165) is 50.7 Å². The van der Waals surface area contributed by atoms with Crippen molar-refractivity contribution in [3.05, 3.63) is 22.7 Å². The van der Waals surface area contributed by atoms with Gasteiger partial charge in [-0.3, -0.25) is 9.89 Å². The topological polar surface area (TPSA) is 57.8 Å². The Balaban J connectivity index is 1.31. The highest BCUT2D eigenvalue weighted by molar-refractivity contribution is 8.14. The van der Waals surface area contributed by atoms with Crippen LogP contribution < -0.4 is 0 Å². The van der Waals surface area contributed by atoms with E-state index in [-0.39, 0.29) is 0 Å². The van der Waals surface area contributed by atoms with Crippen molar-refractivity contribution < 1.29 is 4.52 Å². The second-order valence-corrected chi connectivity index (χ2v) is 8.03. The molecule has 2 aliphatic rings. The van der Waals surface area contributed by atoms with E-state index in [9.17, 15) is 0 Å². The van der Waals surface area contributed by atoms with Crippen molar-refractivity contribution in [2.75, 3.05) is 32.7 Å². The predicted octanol–water partition coefficient (Wildman–Crippen LogP) is 2.41. The van der Waals surface area contributed by atoms with E-state index in [0.29, 0.717) is 11.1 Å². The van der Waals surface area contributed by atoms with Crippen molar-refractivity contribution in [1.29, 1.82) is 0 Å². The lowest BCUT2D eigenvalue weighted by atomic mass is 10.3. The molecule has 0 bridgehead atoms. The molecule has 2 aliphatic heterocycles. The Labute approximate surface area is 143 Å². The molecule has 4 rings (SSSR count). The molecular formula is C15H19N5OS2. The average Bonchev–Trinajstić information content (AvgIpc) is 3.28. The summed E-state index contributed by atoms with van der Waals surface area (Å²) >= 11 is 3.53. The lowest BCUT2D eigenvalue weighted by Crippen LogP contribution is -2.47. The average molecular weight is 349 g/mol. The molecule has 8 heteroatoms. The minimum Gasteiger partial charge on any atom is -0.349 e. The molecule has 2 aromatic rings. The molecule has 1 atom stereocenters. The molecule has 122 valence electrons. The van der Waals surface area contributed by atoms with Gasteiger partial charge in [0.25, 0.3) is 5.89 Å². The highest BCUT2D eigenvalue weighted by atomic mass is 32.2. The fraction of sp³-hybridized carbons (Fsp3) is 0.533. The van der Waals surface area contributed by atoms with Crippen LogP contribution in [-0.2, 0) is 6.54 Å². The smallest absolute Gasteiger partial charge is 0.258 e. The minimum atomic E-state index is 0.616. The van der Waals surface area contributed by atoms with Gasteiger partial charge in [-0.1, -0.05) is 23.8 Å². The van der Waals surface area contributed by atoms with Gasteiger partial charge in [0.2, 0.25) is 0 Å². The number of rotatable bonds is 3. The van der Waals surface area contributed by atoms with E-state index in [4.69, 9.17) is 4.52 Å². The number of aromatic nitrogens is 2. The van der Waals surface area contributed by atoms with E-state index in [1.54, 1.807) is 11.3 Å². The van der Waals surface area contributed by atoms with E-state index in [2.05, 4.69) is 31.9 Å². The van der Waals surface area contributed by atoms with Gasteiger partial charge < -0.3 is 9.42 Å². The van der Waals surface area contributed by atoms with Crippen LogP contribution in [0.1, 0.15) is 12.7 Å². The lowest BCUT2D eigenvalue weighted by molar-refractivity contribution is 0.172. The molecule has 0 unspecified atom stereocenters. The molecule has 0 saturated carbocycles. The highest BCUT2D eigenvalue weighted by Crippen LogP contribution is 2.24. The van der Waals surface area contributed by atoms with Crippen molar-refractivity contribution in [1.82, 2.24) is 19.9 Å². The first-order chi connectivity index (χ1) is 11.3. The third-order valence-corrected chi connectivity index (χ3v) is 5.87. The Morgan fingerprint density at radius 3 is 2.87 bits per heavy atom. The second-order valence-electron chi connectivity index (χ2n) is 5.84. The van der Waals surface area contributed by atoms with Gasteiger partial charge in [-0.25, -0.2) is 0 Å². The number of amidine groups is 1. The molecule has 23 heavy (non-hydrogen) atoms. The second kappa shape index (κ2) is 6.62. The Kier molecular flexibility index (Phi) is 4.37. The van der Waals surface area contributed by atoms with Crippen LogP contribution >= 0.6 is 23.1 Å². The maximum Gasteiger partial charge on any atom is 0.258 e. The molecule has 0 amide bonds. The van der Waals surface area contributed by atoms with Crippen LogP contribution in [0.3, 0.4) is 0 Å². The number of piperazine rings is 1. The summed E-state index contributed by atoms with van der Waals surface area (Å²) in [6.07, 6.45) is 0. The summed E-state index contributed by atoms with van der Waals surface area (Å²) in [6.45, 7) is 8.00. The summed E-state index contributed by atoms with van der Waals surface area (Å²) in [4.78, 5) is 13.9. The van der Waals surface area contributed by atoms with Crippen LogP contribution in [0.2, 0.25) is 0 Å². The van der Waals surface area contributed by atoms with E-state index >= 15 is 0 Å². The van der Waals surface area contributed by atoms with Crippen LogP contribution in [0.15, 0.2) is 26.3 Å². The van der Waals surface area contributed by atoms with Gasteiger partial charge in [0, 0.05) is 36.8 Å². The maximum atomic E-state index is 5.35. The van der Waals surface area contributed by atoms with Gasteiger partial charge >= 0.3 is 0 Å². The number of thioether (sulfide) groups is 1. The Morgan fingerprint density at radius 2 is 2.17 bits per heavy atom. The van der Waals surface area contributed by atoms with Crippen molar-refractivity contribution in [2.24, 2.45) is 4.99 Å². The first-order valence-electron chi connectivity index (χ1n) is 7.81. The zero-order valence-electron chi connectivity index (χ0n) is 13.0. The van der Waals surface area contributed by atoms with Crippen LogP contribution in [0.25, 0.3) is 11.5 Å². The maximum absolute atomic E-state index is 5.35. The standard InChI is InChI=1S/C15H19N5OS2/c1-11-8-16-15(23-11)20-5-3-19(4-6-20)9-13-17-14(21-18-13)12-2-7-22-10-12/h2,7,10-11H,3-6,8-9H2,1H3/t11-/m1/s1. The van der Waals surface area contributed by atoms with Gasteiger partial charge in [-0.15, -0.1) is 0 Å². The number of aliphatic imine (C=N–C) groups is 1. The predicted molar refractivity (Wildman–Crippen MR) is 93.8 cm³/mol. The molecule has 1 saturated heterocycles. The molecule has 6 nitrogen and oxygen atoms in total. The fourth-order valence-corrected chi connectivity index (χ4v) is 4.37. The van der Waals surface area contributed by atoms with Gasteiger partial charge in [-0.2, -0.15) is 16.3 Å². The van der Waals surface area contributed by atoms with Crippen molar-refractivity contribution in [2.45, 2.75) is 18.7 Å². The third-order valence-electron chi connectivity index (χ3n) is 4.03. The lowest BCUT2D eigenvalue weighted by Gasteiger charge is -2.34. The molecular weight excluding hydrogens is 330 g/mol. The molecule has 2 aromatic heterocycles. The number of thiophene rings is 1. The zero-order valence-corrected chi connectivity index (χ0v) is 14.6. The summed E-state index contributed by atoms with van der Waals surface area (Å²) in [5, 5.41) is 9.99. The number of hydrogen-bond donors (Lipinski definition) is 0.